The zero-order valence-corrected chi connectivity index (χ0v) is 21.0. The number of amides is 1. The van der Waals surface area contributed by atoms with E-state index >= 15 is 4.39 Å². The highest BCUT2D eigenvalue weighted by Gasteiger charge is 2.53. The van der Waals surface area contributed by atoms with E-state index in [1.165, 1.54) is 31.4 Å². The normalized spacial score (nSPS) is 34.6. The zero-order chi connectivity index (χ0) is 26.1. The van der Waals surface area contributed by atoms with Crippen LogP contribution in [0, 0.1) is 34.9 Å². The standard InChI is InChI=1S/C28H33F4NO4/c1-36-26(35)23-7-19(28(30,31)32)13-33(23)25(34)21-8-20(18-2-3-18)24(9-22(21)29)37-14-27-10-15-4-16(11-27)6-17(5-15)12-27/h8-9,15-19,23H,2-7,10-14H2,1H3/t15?,16?,17?,19-,23-,27?/m0/s1. The number of likely N-dealkylation sites (tertiary alicyclic amines) is 1. The Kier molecular flexibility index (Phi) is 5.99. The van der Waals surface area contributed by atoms with Gasteiger partial charge in [-0.2, -0.15) is 13.2 Å². The molecule has 1 amide bonds. The molecule has 5 nitrogen and oxygen atoms in total. The first-order valence-electron chi connectivity index (χ1n) is 13.5. The highest BCUT2D eigenvalue weighted by Crippen LogP contribution is 2.60. The van der Waals surface area contributed by atoms with Crippen LogP contribution in [0.15, 0.2) is 12.1 Å². The monoisotopic (exact) mass is 523 g/mol. The number of halogens is 4. The lowest BCUT2D eigenvalue weighted by Gasteiger charge is -2.56. The summed E-state index contributed by atoms with van der Waals surface area (Å²) in [5, 5.41) is 0. The van der Waals surface area contributed by atoms with E-state index in [4.69, 9.17) is 4.74 Å². The fourth-order valence-electron chi connectivity index (χ4n) is 8.08. The SMILES string of the molecule is COC(=O)[C@@H]1C[C@H](C(F)(F)F)CN1C(=O)c1cc(C2CC2)c(OCC23CC4CC(CC(C4)C2)C3)cc1F. The number of carbonyl (C=O) groups excluding carboxylic acids is 2. The van der Waals surface area contributed by atoms with E-state index < -0.39 is 48.8 Å². The zero-order valence-electron chi connectivity index (χ0n) is 21.0. The summed E-state index contributed by atoms with van der Waals surface area (Å²) >= 11 is 0. The van der Waals surface area contributed by atoms with Gasteiger partial charge >= 0.3 is 12.1 Å². The topological polar surface area (TPSA) is 55.8 Å². The van der Waals surface area contributed by atoms with Crippen LogP contribution in [0.2, 0.25) is 0 Å². The molecular weight excluding hydrogens is 490 g/mol. The molecule has 37 heavy (non-hydrogen) atoms. The minimum Gasteiger partial charge on any atom is -0.493 e. The Morgan fingerprint density at radius 2 is 1.65 bits per heavy atom. The number of benzene rings is 1. The molecule has 1 aliphatic heterocycles. The number of ether oxygens (including phenoxy) is 2. The number of hydrogen-bond acceptors (Lipinski definition) is 4. The van der Waals surface area contributed by atoms with E-state index in [0.717, 1.165) is 67.4 Å². The number of rotatable bonds is 6. The molecule has 1 aromatic rings. The Morgan fingerprint density at radius 1 is 1.03 bits per heavy atom. The molecule has 0 N–H and O–H groups in total. The van der Waals surface area contributed by atoms with Crippen LogP contribution in [0.4, 0.5) is 17.6 Å². The summed E-state index contributed by atoms with van der Waals surface area (Å²) in [5.74, 6) is -1.70. The van der Waals surface area contributed by atoms with Gasteiger partial charge in [-0.25, -0.2) is 9.18 Å². The number of esters is 1. The van der Waals surface area contributed by atoms with Gasteiger partial charge in [0.2, 0.25) is 0 Å². The molecule has 1 aromatic carbocycles. The van der Waals surface area contributed by atoms with Crippen LogP contribution in [0.3, 0.4) is 0 Å². The number of nitrogens with zero attached hydrogens (tertiary/aromatic N) is 1. The molecule has 0 spiro atoms. The minimum atomic E-state index is -4.58. The predicted molar refractivity (Wildman–Crippen MR) is 125 cm³/mol. The van der Waals surface area contributed by atoms with Gasteiger partial charge in [-0.05, 0) is 93.1 Å². The molecule has 0 aromatic heterocycles. The van der Waals surface area contributed by atoms with Crippen molar-refractivity contribution in [3.05, 3.63) is 29.1 Å². The van der Waals surface area contributed by atoms with E-state index in [0.29, 0.717) is 12.4 Å². The molecule has 2 atom stereocenters. The van der Waals surface area contributed by atoms with Gasteiger partial charge < -0.3 is 14.4 Å². The molecule has 6 fully saturated rings. The first kappa shape index (κ1) is 25.0. The summed E-state index contributed by atoms with van der Waals surface area (Å²) in [5.41, 5.74) is 0.549. The lowest BCUT2D eigenvalue weighted by molar-refractivity contribution is -0.170. The van der Waals surface area contributed by atoms with Crippen LogP contribution in [0.25, 0.3) is 0 Å². The fraction of sp³-hybridized carbons (Fsp3) is 0.714. The Labute approximate surface area is 213 Å². The molecule has 7 rings (SSSR count). The van der Waals surface area contributed by atoms with Crippen molar-refractivity contribution in [3.63, 3.8) is 0 Å². The quantitative estimate of drug-likeness (QED) is 0.346. The lowest BCUT2D eigenvalue weighted by Crippen LogP contribution is -2.48. The molecule has 5 saturated carbocycles. The first-order chi connectivity index (χ1) is 17.5. The van der Waals surface area contributed by atoms with Gasteiger partial charge in [0.15, 0.2) is 0 Å². The first-order valence-corrected chi connectivity index (χ1v) is 13.5. The second kappa shape index (κ2) is 8.87. The van der Waals surface area contributed by atoms with E-state index in [1.807, 2.05) is 0 Å². The van der Waals surface area contributed by atoms with Crippen molar-refractivity contribution in [1.29, 1.82) is 0 Å². The van der Waals surface area contributed by atoms with Crippen LogP contribution >= 0.6 is 0 Å². The third-order valence-electron chi connectivity index (χ3n) is 9.54. The van der Waals surface area contributed by atoms with Crippen LogP contribution in [0.1, 0.15) is 79.6 Å². The van der Waals surface area contributed by atoms with Crippen molar-refractivity contribution in [1.82, 2.24) is 4.90 Å². The van der Waals surface area contributed by atoms with Gasteiger partial charge in [0.1, 0.15) is 17.6 Å². The minimum absolute atomic E-state index is 0.135. The second-order valence-electron chi connectivity index (χ2n) is 12.3. The fourth-order valence-corrected chi connectivity index (χ4v) is 8.08. The second-order valence-corrected chi connectivity index (χ2v) is 12.3. The molecule has 6 aliphatic rings. The Hall–Kier alpha value is -2.32. The van der Waals surface area contributed by atoms with Crippen molar-refractivity contribution in [2.24, 2.45) is 29.1 Å². The van der Waals surface area contributed by atoms with Gasteiger partial charge in [-0.1, -0.05) is 0 Å². The maximum Gasteiger partial charge on any atom is 0.393 e. The van der Waals surface area contributed by atoms with Crippen LogP contribution in [-0.2, 0) is 9.53 Å². The maximum atomic E-state index is 15.4. The molecule has 1 saturated heterocycles. The van der Waals surface area contributed by atoms with E-state index in [1.54, 1.807) is 0 Å². The van der Waals surface area contributed by atoms with Gasteiger partial charge in [0.05, 0.1) is 25.2 Å². The summed E-state index contributed by atoms with van der Waals surface area (Å²) < 4.78 is 66.6. The average Bonchev–Trinajstić information content (AvgIpc) is 3.57. The maximum absolute atomic E-state index is 15.4. The molecule has 9 heteroatoms. The number of alkyl halides is 3. The highest BCUT2D eigenvalue weighted by atomic mass is 19.4. The summed E-state index contributed by atoms with van der Waals surface area (Å²) in [7, 11) is 1.06. The third-order valence-corrected chi connectivity index (χ3v) is 9.54. The van der Waals surface area contributed by atoms with Crippen LogP contribution in [-0.4, -0.2) is 49.3 Å². The number of carbonyl (C=O) groups is 2. The predicted octanol–water partition coefficient (Wildman–Crippen LogP) is 5.86. The highest BCUT2D eigenvalue weighted by molar-refractivity contribution is 5.98. The molecule has 1 heterocycles. The molecule has 0 radical (unpaired) electrons. The van der Waals surface area contributed by atoms with E-state index in [9.17, 15) is 22.8 Å². The lowest BCUT2D eigenvalue weighted by atomic mass is 9.50. The van der Waals surface area contributed by atoms with Crippen molar-refractivity contribution < 1.29 is 36.6 Å². The van der Waals surface area contributed by atoms with Gasteiger partial charge in [-0.3, -0.25) is 4.79 Å². The van der Waals surface area contributed by atoms with Crippen LogP contribution < -0.4 is 4.74 Å². The van der Waals surface area contributed by atoms with Crippen molar-refractivity contribution >= 4 is 11.9 Å². The summed E-state index contributed by atoms with van der Waals surface area (Å²) in [6.45, 7) is -0.169. The third kappa shape index (κ3) is 4.60. The Morgan fingerprint density at radius 3 is 2.19 bits per heavy atom. The molecule has 4 bridgehead atoms. The van der Waals surface area contributed by atoms with Gasteiger partial charge in [0, 0.05) is 18.0 Å². The summed E-state index contributed by atoms with van der Waals surface area (Å²) in [4.78, 5) is 26.4. The van der Waals surface area contributed by atoms with Crippen molar-refractivity contribution in [2.75, 3.05) is 20.3 Å². The molecule has 202 valence electrons. The largest absolute Gasteiger partial charge is 0.493 e. The Bertz CT molecular complexity index is 1060. The van der Waals surface area contributed by atoms with Crippen molar-refractivity contribution in [2.45, 2.75) is 75.9 Å². The summed E-state index contributed by atoms with van der Waals surface area (Å²) in [6.07, 6.45) is 4.01. The van der Waals surface area contributed by atoms with Crippen LogP contribution in [0.5, 0.6) is 5.75 Å². The molecular formula is C28H33F4NO4. The van der Waals surface area contributed by atoms with Gasteiger partial charge in [-0.15, -0.1) is 0 Å². The number of hydrogen-bond donors (Lipinski definition) is 0. The summed E-state index contributed by atoms with van der Waals surface area (Å²) in [6, 6.07) is 1.27. The van der Waals surface area contributed by atoms with Crippen molar-refractivity contribution in [3.8, 4) is 5.75 Å². The van der Waals surface area contributed by atoms with E-state index in [-0.39, 0.29) is 16.9 Å². The molecule has 0 unspecified atom stereocenters. The smallest absolute Gasteiger partial charge is 0.393 e. The molecule has 5 aliphatic carbocycles. The van der Waals surface area contributed by atoms with E-state index in [2.05, 4.69) is 4.74 Å². The average molecular weight is 524 g/mol. The van der Waals surface area contributed by atoms with Gasteiger partial charge in [0.25, 0.3) is 5.91 Å². The Balaban J connectivity index is 1.24. The number of methoxy groups -OCH3 is 1.